The Morgan fingerprint density at radius 1 is 1.29 bits per heavy atom. The summed E-state index contributed by atoms with van der Waals surface area (Å²) in [6.45, 7) is 3.34. The fourth-order valence-corrected chi connectivity index (χ4v) is 3.91. The van der Waals surface area contributed by atoms with Crippen LogP contribution < -0.4 is 0 Å². The van der Waals surface area contributed by atoms with Crippen molar-refractivity contribution in [2.24, 2.45) is 0 Å². The van der Waals surface area contributed by atoms with Crippen molar-refractivity contribution < 1.29 is 9.32 Å². The third-order valence-corrected chi connectivity index (χ3v) is 5.18. The molecule has 0 saturated carbocycles. The number of benzene rings is 1. The SMILES string of the molecule is Cc1noc([C@@H]2CCCN(C(=O)Cc3ccc4c(c3)CCC4)C2)n1. The lowest BCUT2D eigenvalue weighted by Gasteiger charge is -2.31. The minimum absolute atomic E-state index is 0.170. The highest BCUT2D eigenvalue weighted by Crippen LogP contribution is 2.27. The number of carbonyl (C=O) groups excluding carboxylic acids is 1. The van der Waals surface area contributed by atoms with Crippen LogP contribution in [0.15, 0.2) is 22.7 Å². The van der Waals surface area contributed by atoms with Crippen LogP contribution in [0.25, 0.3) is 0 Å². The third kappa shape index (κ3) is 3.07. The Morgan fingerprint density at radius 2 is 2.17 bits per heavy atom. The number of amides is 1. The normalized spacial score (nSPS) is 20.2. The van der Waals surface area contributed by atoms with Gasteiger partial charge in [0.2, 0.25) is 11.8 Å². The van der Waals surface area contributed by atoms with Gasteiger partial charge in [-0.3, -0.25) is 4.79 Å². The minimum Gasteiger partial charge on any atom is -0.342 e. The molecule has 4 rings (SSSR count). The van der Waals surface area contributed by atoms with E-state index in [4.69, 9.17) is 4.52 Å². The first-order valence-electron chi connectivity index (χ1n) is 8.88. The van der Waals surface area contributed by atoms with Gasteiger partial charge in [-0.15, -0.1) is 0 Å². The van der Waals surface area contributed by atoms with Gasteiger partial charge in [0.05, 0.1) is 12.3 Å². The molecule has 5 nitrogen and oxygen atoms in total. The fourth-order valence-electron chi connectivity index (χ4n) is 3.91. The number of hydrogen-bond donors (Lipinski definition) is 0. The van der Waals surface area contributed by atoms with E-state index in [0.717, 1.165) is 31.4 Å². The van der Waals surface area contributed by atoms with Crippen LogP contribution in [0, 0.1) is 6.92 Å². The Balaban J connectivity index is 1.42. The molecule has 1 atom stereocenters. The Hall–Kier alpha value is -2.17. The van der Waals surface area contributed by atoms with Crippen molar-refractivity contribution in [1.29, 1.82) is 0 Å². The van der Waals surface area contributed by atoms with Crippen LogP contribution in [0.1, 0.15) is 53.6 Å². The van der Waals surface area contributed by atoms with Gasteiger partial charge in [0.15, 0.2) is 5.82 Å². The predicted molar refractivity (Wildman–Crippen MR) is 89.8 cm³/mol. The van der Waals surface area contributed by atoms with Crippen molar-refractivity contribution in [2.45, 2.75) is 51.4 Å². The van der Waals surface area contributed by atoms with Gasteiger partial charge in [0, 0.05) is 13.1 Å². The van der Waals surface area contributed by atoms with Crippen molar-refractivity contribution >= 4 is 5.91 Å². The van der Waals surface area contributed by atoms with Gasteiger partial charge in [-0.1, -0.05) is 23.4 Å². The Labute approximate surface area is 142 Å². The summed E-state index contributed by atoms with van der Waals surface area (Å²) in [7, 11) is 0. The van der Waals surface area contributed by atoms with E-state index in [-0.39, 0.29) is 11.8 Å². The first-order chi connectivity index (χ1) is 11.7. The van der Waals surface area contributed by atoms with Gasteiger partial charge in [-0.05, 0) is 55.7 Å². The molecule has 0 spiro atoms. The summed E-state index contributed by atoms with van der Waals surface area (Å²) in [6.07, 6.45) is 6.06. The largest absolute Gasteiger partial charge is 0.342 e. The van der Waals surface area contributed by atoms with E-state index in [9.17, 15) is 4.79 Å². The molecule has 2 aliphatic rings. The number of carbonyl (C=O) groups is 1. The second-order valence-electron chi connectivity index (χ2n) is 6.99. The molecule has 1 fully saturated rings. The highest BCUT2D eigenvalue weighted by Gasteiger charge is 2.28. The van der Waals surface area contributed by atoms with Crippen molar-refractivity contribution in [3.8, 4) is 0 Å². The van der Waals surface area contributed by atoms with Crippen LogP contribution in [-0.4, -0.2) is 34.0 Å². The third-order valence-electron chi connectivity index (χ3n) is 5.18. The average Bonchev–Trinajstić information content (AvgIpc) is 3.23. The van der Waals surface area contributed by atoms with E-state index in [0.29, 0.717) is 24.7 Å². The smallest absolute Gasteiger partial charge is 0.231 e. The van der Waals surface area contributed by atoms with Crippen LogP contribution in [0.3, 0.4) is 0 Å². The maximum atomic E-state index is 12.7. The van der Waals surface area contributed by atoms with Crippen LogP contribution >= 0.6 is 0 Å². The standard InChI is InChI=1S/C19H23N3O2/c1-13-20-19(24-21-13)17-6-3-9-22(12-17)18(23)11-14-7-8-15-4-2-5-16(15)10-14/h7-8,10,17H,2-6,9,11-12H2,1H3/t17-/m1/s1. The van der Waals surface area contributed by atoms with Crippen molar-refractivity contribution in [3.05, 3.63) is 46.6 Å². The summed E-state index contributed by atoms with van der Waals surface area (Å²) in [6, 6.07) is 6.54. The van der Waals surface area contributed by atoms with Crippen LogP contribution in [-0.2, 0) is 24.1 Å². The summed E-state index contributed by atoms with van der Waals surface area (Å²) in [5, 5.41) is 3.87. The van der Waals surface area contributed by atoms with Crippen molar-refractivity contribution in [3.63, 3.8) is 0 Å². The Bertz CT molecular complexity index is 753. The average molecular weight is 325 g/mol. The van der Waals surface area contributed by atoms with Gasteiger partial charge in [-0.25, -0.2) is 0 Å². The van der Waals surface area contributed by atoms with E-state index in [1.807, 2.05) is 11.8 Å². The molecule has 0 unspecified atom stereocenters. The van der Waals surface area contributed by atoms with E-state index >= 15 is 0 Å². The summed E-state index contributed by atoms with van der Waals surface area (Å²) in [4.78, 5) is 19.0. The van der Waals surface area contributed by atoms with Crippen LogP contribution in [0.5, 0.6) is 0 Å². The van der Waals surface area contributed by atoms with E-state index in [2.05, 4.69) is 28.3 Å². The quantitative estimate of drug-likeness (QED) is 0.871. The molecular weight excluding hydrogens is 302 g/mol. The maximum Gasteiger partial charge on any atom is 0.231 e. The summed E-state index contributed by atoms with van der Waals surface area (Å²) >= 11 is 0. The van der Waals surface area contributed by atoms with E-state index in [1.54, 1.807) is 0 Å². The molecule has 1 aliphatic carbocycles. The number of rotatable bonds is 3. The lowest BCUT2D eigenvalue weighted by atomic mass is 9.97. The number of fused-ring (bicyclic) bond motifs is 1. The summed E-state index contributed by atoms with van der Waals surface area (Å²) in [5.74, 6) is 1.70. The zero-order chi connectivity index (χ0) is 16.5. The summed E-state index contributed by atoms with van der Waals surface area (Å²) in [5.41, 5.74) is 4.02. The molecule has 1 aromatic carbocycles. The Kier molecular flexibility index (Phi) is 4.08. The second kappa shape index (κ2) is 6.38. The first-order valence-corrected chi connectivity index (χ1v) is 8.88. The molecule has 1 saturated heterocycles. The van der Waals surface area contributed by atoms with Gasteiger partial charge in [0.25, 0.3) is 0 Å². The van der Waals surface area contributed by atoms with Gasteiger partial charge >= 0.3 is 0 Å². The molecule has 5 heteroatoms. The van der Waals surface area contributed by atoms with Crippen LogP contribution in [0.2, 0.25) is 0 Å². The highest BCUT2D eigenvalue weighted by molar-refractivity contribution is 5.79. The molecule has 24 heavy (non-hydrogen) atoms. The number of aromatic nitrogens is 2. The molecule has 126 valence electrons. The van der Waals surface area contributed by atoms with Crippen LogP contribution in [0.4, 0.5) is 0 Å². The topological polar surface area (TPSA) is 59.2 Å². The number of hydrogen-bond acceptors (Lipinski definition) is 4. The van der Waals surface area contributed by atoms with Crippen molar-refractivity contribution in [1.82, 2.24) is 15.0 Å². The molecule has 0 radical (unpaired) electrons. The van der Waals surface area contributed by atoms with Gasteiger partial charge in [-0.2, -0.15) is 4.98 Å². The van der Waals surface area contributed by atoms with E-state index < -0.39 is 0 Å². The lowest BCUT2D eigenvalue weighted by molar-refractivity contribution is -0.131. The van der Waals surface area contributed by atoms with Gasteiger partial charge in [0.1, 0.15) is 0 Å². The predicted octanol–water partition coefficient (Wildman–Crippen LogP) is 2.82. The number of nitrogens with zero attached hydrogens (tertiary/aromatic N) is 3. The molecule has 0 bridgehead atoms. The fraction of sp³-hybridized carbons (Fsp3) is 0.526. The molecule has 1 aromatic heterocycles. The zero-order valence-corrected chi connectivity index (χ0v) is 14.1. The monoisotopic (exact) mass is 325 g/mol. The molecule has 2 heterocycles. The molecule has 1 amide bonds. The number of piperidine rings is 1. The first kappa shape index (κ1) is 15.4. The lowest BCUT2D eigenvalue weighted by Crippen LogP contribution is -2.40. The zero-order valence-electron chi connectivity index (χ0n) is 14.1. The highest BCUT2D eigenvalue weighted by atomic mass is 16.5. The summed E-state index contributed by atoms with van der Waals surface area (Å²) < 4.78 is 5.30. The number of aryl methyl sites for hydroxylation is 3. The molecule has 0 N–H and O–H groups in total. The molecule has 2 aromatic rings. The van der Waals surface area contributed by atoms with Gasteiger partial charge < -0.3 is 9.42 Å². The van der Waals surface area contributed by atoms with E-state index in [1.165, 1.54) is 24.0 Å². The second-order valence-corrected chi connectivity index (χ2v) is 6.99. The number of likely N-dealkylation sites (tertiary alicyclic amines) is 1. The molecular formula is C19H23N3O2. The maximum absolute atomic E-state index is 12.7. The Morgan fingerprint density at radius 3 is 3.00 bits per heavy atom. The molecule has 1 aliphatic heterocycles. The minimum atomic E-state index is 0.170. The van der Waals surface area contributed by atoms with Crippen molar-refractivity contribution in [2.75, 3.05) is 13.1 Å².